The zero-order valence-corrected chi connectivity index (χ0v) is 15.3. The number of nitrogens with one attached hydrogen (secondary N) is 3. The van der Waals surface area contributed by atoms with Crippen molar-refractivity contribution in [2.75, 3.05) is 5.32 Å². The summed E-state index contributed by atoms with van der Waals surface area (Å²) in [7, 11) is 0. The third kappa shape index (κ3) is 3.54. The van der Waals surface area contributed by atoms with Gasteiger partial charge >= 0.3 is 5.69 Å². The fourth-order valence-corrected chi connectivity index (χ4v) is 3.84. The maximum atomic E-state index is 12.9. The molecule has 0 saturated carbocycles. The number of hydrogen-bond acceptors (Lipinski definition) is 4. The van der Waals surface area contributed by atoms with Crippen LogP contribution in [-0.4, -0.2) is 15.9 Å². The minimum atomic E-state index is -0.295. The van der Waals surface area contributed by atoms with Gasteiger partial charge in [-0.25, -0.2) is 4.79 Å². The zero-order chi connectivity index (χ0) is 19.5. The van der Waals surface area contributed by atoms with Gasteiger partial charge in [0.25, 0.3) is 5.91 Å². The molecule has 6 nitrogen and oxygen atoms in total. The number of aromatic amines is 2. The SMILES string of the molecule is N#Cc1ccccc1Sc1ccccc1C(=O)Nc1ccc2[nH]c(=O)[nH]c2c1. The molecule has 0 fully saturated rings. The van der Waals surface area contributed by atoms with Gasteiger partial charge in [0.15, 0.2) is 0 Å². The second-order valence-electron chi connectivity index (χ2n) is 6.00. The van der Waals surface area contributed by atoms with Crippen molar-refractivity contribution in [3.63, 3.8) is 0 Å². The summed E-state index contributed by atoms with van der Waals surface area (Å²) in [6, 6.07) is 21.8. The first-order valence-electron chi connectivity index (χ1n) is 8.43. The van der Waals surface area contributed by atoms with Crippen LogP contribution in [0.4, 0.5) is 5.69 Å². The molecule has 0 aliphatic rings. The summed E-state index contributed by atoms with van der Waals surface area (Å²) in [5.74, 6) is -0.269. The molecule has 1 heterocycles. The van der Waals surface area contributed by atoms with Crippen molar-refractivity contribution in [3.05, 3.63) is 88.3 Å². The van der Waals surface area contributed by atoms with E-state index in [2.05, 4.69) is 21.4 Å². The highest BCUT2D eigenvalue weighted by molar-refractivity contribution is 7.99. The molecule has 28 heavy (non-hydrogen) atoms. The Balaban J connectivity index is 1.62. The molecule has 3 N–H and O–H groups in total. The van der Waals surface area contributed by atoms with Gasteiger partial charge in [0.2, 0.25) is 0 Å². The van der Waals surface area contributed by atoms with Crippen LogP contribution in [0.3, 0.4) is 0 Å². The predicted octanol–water partition coefficient (Wildman–Crippen LogP) is 4.13. The first kappa shape index (κ1) is 17.6. The van der Waals surface area contributed by atoms with Gasteiger partial charge in [-0.3, -0.25) is 4.79 Å². The Hall–Kier alpha value is -3.76. The largest absolute Gasteiger partial charge is 0.323 e. The quantitative estimate of drug-likeness (QED) is 0.491. The molecule has 1 aromatic heterocycles. The van der Waals surface area contributed by atoms with E-state index in [-0.39, 0.29) is 11.6 Å². The standard InChI is InChI=1S/C21H14N4O2S/c22-12-13-5-1-3-7-18(13)28-19-8-4-2-6-15(19)20(26)23-14-9-10-16-17(11-14)25-21(27)24-16/h1-11H,(H,23,26)(H2,24,25,27). The lowest BCUT2D eigenvalue weighted by molar-refractivity contribution is 0.102. The summed E-state index contributed by atoms with van der Waals surface area (Å²) in [5, 5.41) is 12.1. The third-order valence-corrected chi connectivity index (χ3v) is 5.28. The Kier molecular flexibility index (Phi) is 4.70. The van der Waals surface area contributed by atoms with Crippen LogP contribution in [0.2, 0.25) is 0 Å². The first-order chi connectivity index (χ1) is 13.6. The number of imidazole rings is 1. The van der Waals surface area contributed by atoms with Gasteiger partial charge in [0.1, 0.15) is 6.07 Å². The van der Waals surface area contributed by atoms with Crippen LogP contribution < -0.4 is 11.0 Å². The van der Waals surface area contributed by atoms with Gasteiger partial charge in [-0.2, -0.15) is 5.26 Å². The van der Waals surface area contributed by atoms with Crippen LogP contribution in [0.5, 0.6) is 0 Å². The molecule has 3 aromatic carbocycles. The van der Waals surface area contributed by atoms with Crippen LogP contribution in [0.15, 0.2) is 81.3 Å². The van der Waals surface area contributed by atoms with Crippen LogP contribution >= 0.6 is 11.8 Å². The van der Waals surface area contributed by atoms with Gasteiger partial charge in [-0.15, -0.1) is 0 Å². The Morgan fingerprint density at radius 2 is 1.64 bits per heavy atom. The van der Waals surface area contributed by atoms with Crippen molar-refractivity contribution >= 4 is 34.4 Å². The van der Waals surface area contributed by atoms with E-state index in [1.165, 1.54) is 11.8 Å². The molecule has 0 aliphatic heterocycles. The van der Waals surface area contributed by atoms with Gasteiger partial charge in [-0.05, 0) is 42.5 Å². The van der Waals surface area contributed by atoms with Crippen molar-refractivity contribution in [2.45, 2.75) is 9.79 Å². The van der Waals surface area contributed by atoms with E-state index in [0.717, 1.165) is 9.79 Å². The molecule has 7 heteroatoms. The molecule has 0 spiro atoms. The summed E-state index contributed by atoms with van der Waals surface area (Å²) in [4.78, 5) is 31.1. The van der Waals surface area contributed by atoms with Crippen LogP contribution in [-0.2, 0) is 0 Å². The van der Waals surface area contributed by atoms with Crippen molar-refractivity contribution in [1.29, 1.82) is 5.26 Å². The van der Waals surface area contributed by atoms with E-state index < -0.39 is 0 Å². The molecular formula is C21H14N4O2S. The predicted molar refractivity (Wildman–Crippen MR) is 109 cm³/mol. The van der Waals surface area contributed by atoms with Gasteiger partial charge in [-0.1, -0.05) is 36.0 Å². The second kappa shape index (κ2) is 7.47. The Labute approximate surface area is 164 Å². The van der Waals surface area contributed by atoms with Crippen molar-refractivity contribution < 1.29 is 4.79 Å². The van der Waals surface area contributed by atoms with Gasteiger partial charge < -0.3 is 15.3 Å². The number of carbonyl (C=O) groups excluding carboxylic acids is 1. The number of nitriles is 1. The Bertz CT molecular complexity index is 1280. The minimum Gasteiger partial charge on any atom is -0.322 e. The fraction of sp³-hybridized carbons (Fsp3) is 0. The highest BCUT2D eigenvalue weighted by atomic mass is 32.2. The number of rotatable bonds is 4. The lowest BCUT2D eigenvalue weighted by Gasteiger charge is -2.11. The molecule has 136 valence electrons. The summed E-state index contributed by atoms with van der Waals surface area (Å²) in [5.41, 5.74) is 2.63. The summed E-state index contributed by atoms with van der Waals surface area (Å²) in [6.07, 6.45) is 0. The monoisotopic (exact) mass is 386 g/mol. The zero-order valence-electron chi connectivity index (χ0n) is 14.5. The number of anilines is 1. The van der Waals surface area contributed by atoms with E-state index in [4.69, 9.17) is 0 Å². The molecule has 4 aromatic rings. The van der Waals surface area contributed by atoms with Crippen LogP contribution in [0.25, 0.3) is 11.0 Å². The number of nitrogens with zero attached hydrogens (tertiary/aromatic N) is 1. The average molecular weight is 386 g/mol. The van der Waals surface area contributed by atoms with Crippen molar-refractivity contribution in [3.8, 4) is 6.07 Å². The van der Waals surface area contributed by atoms with Gasteiger partial charge in [0, 0.05) is 15.5 Å². The normalized spacial score (nSPS) is 10.5. The van der Waals surface area contributed by atoms with Crippen LogP contribution in [0.1, 0.15) is 15.9 Å². The maximum Gasteiger partial charge on any atom is 0.323 e. The minimum absolute atomic E-state index is 0.269. The van der Waals surface area contributed by atoms with E-state index in [9.17, 15) is 14.9 Å². The number of amides is 1. The van der Waals surface area contributed by atoms with E-state index in [0.29, 0.717) is 27.8 Å². The molecule has 0 atom stereocenters. The number of benzene rings is 3. The van der Waals surface area contributed by atoms with Gasteiger partial charge in [0.05, 0.1) is 22.2 Å². The highest BCUT2D eigenvalue weighted by Gasteiger charge is 2.14. The molecule has 0 radical (unpaired) electrons. The average Bonchev–Trinajstić information content (AvgIpc) is 3.08. The molecule has 0 bridgehead atoms. The second-order valence-corrected chi connectivity index (χ2v) is 7.08. The summed E-state index contributed by atoms with van der Waals surface area (Å²) < 4.78 is 0. The fourth-order valence-electron chi connectivity index (χ4n) is 2.82. The van der Waals surface area contributed by atoms with E-state index in [1.54, 1.807) is 36.4 Å². The van der Waals surface area contributed by atoms with Crippen LogP contribution in [0, 0.1) is 11.3 Å². The van der Waals surface area contributed by atoms with E-state index >= 15 is 0 Å². The molecule has 0 saturated heterocycles. The topological polar surface area (TPSA) is 102 Å². The molecular weight excluding hydrogens is 372 g/mol. The first-order valence-corrected chi connectivity index (χ1v) is 9.25. The highest BCUT2D eigenvalue weighted by Crippen LogP contribution is 2.33. The lowest BCUT2D eigenvalue weighted by atomic mass is 10.2. The molecule has 0 aliphatic carbocycles. The van der Waals surface area contributed by atoms with E-state index in [1.807, 2.05) is 30.3 Å². The number of carbonyl (C=O) groups is 1. The number of fused-ring (bicyclic) bond motifs is 1. The molecule has 1 amide bonds. The molecule has 0 unspecified atom stereocenters. The lowest BCUT2D eigenvalue weighted by Crippen LogP contribution is -2.12. The maximum absolute atomic E-state index is 12.9. The summed E-state index contributed by atoms with van der Waals surface area (Å²) >= 11 is 1.37. The number of hydrogen-bond donors (Lipinski definition) is 3. The Morgan fingerprint density at radius 1 is 0.929 bits per heavy atom. The smallest absolute Gasteiger partial charge is 0.322 e. The number of aromatic nitrogens is 2. The third-order valence-electron chi connectivity index (χ3n) is 4.13. The van der Waals surface area contributed by atoms with Crippen molar-refractivity contribution in [2.24, 2.45) is 0 Å². The Morgan fingerprint density at radius 3 is 2.46 bits per heavy atom. The number of H-pyrrole nitrogens is 2. The van der Waals surface area contributed by atoms with Crippen molar-refractivity contribution in [1.82, 2.24) is 9.97 Å². The summed E-state index contributed by atoms with van der Waals surface area (Å²) in [6.45, 7) is 0. The molecule has 4 rings (SSSR count).